The van der Waals surface area contributed by atoms with Crippen LogP contribution in [0.2, 0.25) is 0 Å². The van der Waals surface area contributed by atoms with E-state index < -0.39 is 0 Å². The molecule has 0 heterocycles. The molecule has 102 valence electrons. The van der Waals surface area contributed by atoms with Crippen LogP contribution >= 0.6 is 0 Å². The Bertz CT molecular complexity index is 604. The topological polar surface area (TPSA) is 29.1 Å². The highest BCUT2D eigenvalue weighted by molar-refractivity contribution is 5.85. The average molecular weight is 265 g/mol. The van der Waals surface area contributed by atoms with E-state index in [-0.39, 0.29) is 5.78 Å². The molecular weight excluding hydrogens is 246 g/mol. The number of fused-ring (bicyclic) bond motifs is 1. The summed E-state index contributed by atoms with van der Waals surface area (Å²) in [6.07, 6.45) is 4.13. The molecule has 0 aromatic heterocycles. The number of nitrogens with one attached hydrogen (secondary N) is 1. The molecule has 0 aliphatic heterocycles. The van der Waals surface area contributed by atoms with Gasteiger partial charge in [0.2, 0.25) is 0 Å². The molecule has 1 aliphatic carbocycles. The molecule has 2 nitrogen and oxygen atoms in total. The number of carbonyl (C=O) groups is 1. The maximum atomic E-state index is 12.0. The van der Waals surface area contributed by atoms with E-state index in [4.69, 9.17) is 0 Å². The summed E-state index contributed by atoms with van der Waals surface area (Å²) >= 11 is 0. The molecule has 0 atom stereocenters. The zero-order valence-electron chi connectivity index (χ0n) is 11.6. The van der Waals surface area contributed by atoms with Crippen molar-refractivity contribution in [1.82, 2.24) is 0 Å². The van der Waals surface area contributed by atoms with Gasteiger partial charge in [0.15, 0.2) is 5.78 Å². The predicted molar refractivity (Wildman–Crippen MR) is 82.1 cm³/mol. The van der Waals surface area contributed by atoms with Crippen molar-refractivity contribution in [2.24, 2.45) is 0 Å². The molecule has 1 aliphatic rings. The summed E-state index contributed by atoms with van der Waals surface area (Å²) in [4.78, 5) is 12.0. The Balaban J connectivity index is 1.56. The fourth-order valence-corrected chi connectivity index (χ4v) is 2.78. The van der Waals surface area contributed by atoms with E-state index in [0.29, 0.717) is 13.0 Å². The van der Waals surface area contributed by atoms with Gasteiger partial charge in [-0.2, -0.15) is 0 Å². The number of rotatable bonds is 5. The van der Waals surface area contributed by atoms with Gasteiger partial charge < -0.3 is 5.32 Å². The lowest BCUT2D eigenvalue weighted by atomic mass is 10.0. The molecule has 3 rings (SSSR count). The van der Waals surface area contributed by atoms with E-state index in [0.717, 1.165) is 11.3 Å². The van der Waals surface area contributed by atoms with Gasteiger partial charge in [0.25, 0.3) is 0 Å². The molecule has 0 saturated heterocycles. The fourth-order valence-electron chi connectivity index (χ4n) is 2.78. The average Bonchev–Trinajstić information content (AvgIpc) is 2.94. The van der Waals surface area contributed by atoms with Crippen LogP contribution in [0.1, 0.15) is 23.1 Å². The van der Waals surface area contributed by atoms with Gasteiger partial charge >= 0.3 is 0 Å². The molecule has 0 spiro atoms. The third-order valence-electron chi connectivity index (χ3n) is 3.83. The summed E-state index contributed by atoms with van der Waals surface area (Å²) in [5.74, 6) is 0.229. The number of hydrogen-bond acceptors (Lipinski definition) is 2. The lowest BCUT2D eigenvalue weighted by Crippen LogP contribution is -2.16. The minimum absolute atomic E-state index is 0.229. The minimum Gasteiger partial charge on any atom is -0.378 e. The van der Waals surface area contributed by atoms with E-state index in [2.05, 4.69) is 23.5 Å². The largest absolute Gasteiger partial charge is 0.378 e. The molecule has 2 aromatic carbocycles. The Morgan fingerprint density at radius 3 is 2.65 bits per heavy atom. The zero-order chi connectivity index (χ0) is 13.8. The predicted octanol–water partition coefficient (Wildman–Crippen LogP) is 3.40. The molecule has 0 radical (unpaired) electrons. The van der Waals surface area contributed by atoms with Crippen LogP contribution in [0.15, 0.2) is 48.5 Å². The van der Waals surface area contributed by atoms with Crippen LogP contribution in [-0.2, 0) is 24.1 Å². The van der Waals surface area contributed by atoms with Crippen LogP contribution in [0.4, 0.5) is 5.69 Å². The van der Waals surface area contributed by atoms with Crippen molar-refractivity contribution >= 4 is 11.5 Å². The van der Waals surface area contributed by atoms with Gasteiger partial charge in [0, 0.05) is 12.1 Å². The SMILES string of the molecule is O=C(CNc1ccccc1)Cc1ccc2c(c1)CCC2. The summed E-state index contributed by atoms with van der Waals surface area (Å²) in [5, 5.41) is 3.17. The summed E-state index contributed by atoms with van der Waals surface area (Å²) in [6.45, 7) is 0.390. The summed E-state index contributed by atoms with van der Waals surface area (Å²) in [7, 11) is 0. The van der Waals surface area contributed by atoms with Crippen LogP contribution in [0, 0.1) is 0 Å². The quantitative estimate of drug-likeness (QED) is 0.897. The van der Waals surface area contributed by atoms with Gasteiger partial charge in [-0.3, -0.25) is 4.79 Å². The van der Waals surface area contributed by atoms with E-state index in [1.807, 2.05) is 30.3 Å². The number of Topliss-reactive ketones (excluding diaryl/α,β-unsaturated/α-hetero) is 1. The zero-order valence-corrected chi connectivity index (χ0v) is 11.6. The monoisotopic (exact) mass is 265 g/mol. The summed E-state index contributed by atoms with van der Waals surface area (Å²) in [6, 6.07) is 16.4. The van der Waals surface area contributed by atoms with Crippen molar-refractivity contribution in [3.63, 3.8) is 0 Å². The minimum atomic E-state index is 0.229. The molecule has 20 heavy (non-hydrogen) atoms. The van der Waals surface area contributed by atoms with Gasteiger partial charge in [-0.15, -0.1) is 0 Å². The number of hydrogen-bond donors (Lipinski definition) is 1. The third kappa shape index (κ3) is 3.08. The van der Waals surface area contributed by atoms with E-state index >= 15 is 0 Å². The Hall–Kier alpha value is -2.09. The van der Waals surface area contributed by atoms with E-state index in [1.165, 1.54) is 30.4 Å². The Kier molecular flexibility index (Phi) is 3.82. The first-order valence-electron chi connectivity index (χ1n) is 7.22. The lowest BCUT2D eigenvalue weighted by molar-refractivity contribution is -0.116. The fraction of sp³-hybridized carbons (Fsp3) is 0.278. The smallest absolute Gasteiger partial charge is 0.156 e. The molecule has 0 amide bonds. The van der Waals surface area contributed by atoms with Crippen molar-refractivity contribution in [3.05, 3.63) is 65.2 Å². The van der Waals surface area contributed by atoms with E-state index in [1.54, 1.807) is 0 Å². The molecule has 0 fully saturated rings. The highest BCUT2D eigenvalue weighted by Crippen LogP contribution is 2.23. The number of ketones is 1. The summed E-state index contributed by atoms with van der Waals surface area (Å²) < 4.78 is 0. The normalized spacial score (nSPS) is 13.0. The molecule has 0 saturated carbocycles. The Morgan fingerprint density at radius 2 is 1.80 bits per heavy atom. The van der Waals surface area contributed by atoms with Gasteiger partial charge in [0.05, 0.1) is 6.54 Å². The van der Waals surface area contributed by atoms with Crippen LogP contribution in [0.5, 0.6) is 0 Å². The van der Waals surface area contributed by atoms with Gasteiger partial charge in [0.1, 0.15) is 0 Å². The van der Waals surface area contributed by atoms with Gasteiger partial charge in [-0.05, 0) is 48.1 Å². The van der Waals surface area contributed by atoms with Crippen LogP contribution in [-0.4, -0.2) is 12.3 Å². The van der Waals surface area contributed by atoms with Crippen molar-refractivity contribution in [1.29, 1.82) is 0 Å². The molecule has 0 bridgehead atoms. The second kappa shape index (κ2) is 5.91. The van der Waals surface area contributed by atoms with Crippen molar-refractivity contribution in [2.75, 3.05) is 11.9 Å². The molecule has 2 heteroatoms. The third-order valence-corrected chi connectivity index (χ3v) is 3.83. The molecule has 1 N–H and O–H groups in total. The van der Waals surface area contributed by atoms with Gasteiger partial charge in [-0.25, -0.2) is 0 Å². The molecule has 0 unspecified atom stereocenters. The van der Waals surface area contributed by atoms with E-state index in [9.17, 15) is 4.79 Å². The molecular formula is C18H19NO. The van der Waals surface area contributed by atoms with Crippen molar-refractivity contribution in [2.45, 2.75) is 25.7 Å². The first kappa shape index (κ1) is 12.9. The molecule has 2 aromatic rings. The van der Waals surface area contributed by atoms with Crippen molar-refractivity contribution in [3.8, 4) is 0 Å². The lowest BCUT2D eigenvalue weighted by Gasteiger charge is -2.07. The van der Waals surface area contributed by atoms with Crippen molar-refractivity contribution < 1.29 is 4.79 Å². The number of carbonyl (C=O) groups excluding carboxylic acids is 1. The number of aryl methyl sites for hydroxylation is 2. The Labute approximate surface area is 119 Å². The van der Waals surface area contributed by atoms with Crippen LogP contribution < -0.4 is 5.32 Å². The standard InChI is InChI=1S/C18H19NO/c20-18(13-19-17-7-2-1-3-8-17)12-14-9-10-15-5-4-6-16(15)11-14/h1-3,7-11,19H,4-6,12-13H2. The second-order valence-corrected chi connectivity index (χ2v) is 5.39. The Morgan fingerprint density at radius 1 is 1.00 bits per heavy atom. The first-order valence-corrected chi connectivity index (χ1v) is 7.22. The van der Waals surface area contributed by atoms with Crippen LogP contribution in [0.3, 0.4) is 0 Å². The highest BCUT2D eigenvalue weighted by atomic mass is 16.1. The summed E-state index contributed by atoms with van der Waals surface area (Å²) in [5.41, 5.74) is 5.04. The number of para-hydroxylation sites is 1. The maximum Gasteiger partial charge on any atom is 0.156 e. The first-order chi connectivity index (χ1) is 9.81. The number of anilines is 1. The maximum absolute atomic E-state index is 12.0. The number of benzene rings is 2. The highest BCUT2D eigenvalue weighted by Gasteiger charge is 2.12. The van der Waals surface area contributed by atoms with Crippen LogP contribution in [0.25, 0.3) is 0 Å². The second-order valence-electron chi connectivity index (χ2n) is 5.39. The van der Waals surface area contributed by atoms with Gasteiger partial charge in [-0.1, -0.05) is 36.4 Å².